The molecular weight excluding hydrogens is 246 g/mol. The van der Waals surface area contributed by atoms with Crippen molar-refractivity contribution in [3.8, 4) is 0 Å². The molecule has 2 heterocycles. The van der Waals surface area contributed by atoms with Gasteiger partial charge in [-0.3, -0.25) is 0 Å². The van der Waals surface area contributed by atoms with Crippen molar-refractivity contribution in [1.29, 1.82) is 0 Å². The van der Waals surface area contributed by atoms with E-state index < -0.39 is 11.1 Å². The van der Waals surface area contributed by atoms with E-state index in [1.807, 2.05) is 20.8 Å². The van der Waals surface area contributed by atoms with Crippen LogP contribution in [0.5, 0.6) is 0 Å². The fraction of sp³-hybridized carbons (Fsp3) is 0.538. The molecule has 0 saturated heterocycles. The Labute approximate surface area is 111 Å². The van der Waals surface area contributed by atoms with Crippen LogP contribution in [0.15, 0.2) is 11.7 Å². The van der Waals surface area contributed by atoms with E-state index in [4.69, 9.17) is 0 Å². The zero-order chi connectivity index (χ0) is 13.6. The maximum atomic E-state index is 10.2. The van der Waals surface area contributed by atoms with Gasteiger partial charge in [0.15, 0.2) is 0 Å². The number of rotatable bonds is 3. The summed E-state index contributed by atoms with van der Waals surface area (Å²) in [5, 5.41) is 15.6. The van der Waals surface area contributed by atoms with Gasteiger partial charge < -0.3 is 10.4 Å². The van der Waals surface area contributed by atoms with Gasteiger partial charge >= 0.3 is 0 Å². The Morgan fingerprint density at radius 2 is 1.89 bits per heavy atom. The highest BCUT2D eigenvalue weighted by Crippen LogP contribution is 2.32. The van der Waals surface area contributed by atoms with Crippen LogP contribution >= 0.6 is 11.3 Å². The summed E-state index contributed by atoms with van der Waals surface area (Å²) < 4.78 is 1.03. The molecule has 0 amide bonds. The Bertz CT molecular complexity index is 569. The molecule has 0 spiro atoms. The predicted molar refractivity (Wildman–Crippen MR) is 76.2 cm³/mol. The number of anilines is 1. The number of nitrogens with zero attached hydrogens (tertiary/aromatic N) is 2. The van der Waals surface area contributed by atoms with Crippen LogP contribution in [0, 0.1) is 6.92 Å². The minimum Gasteiger partial charge on any atom is -0.388 e. The topological polar surface area (TPSA) is 58.0 Å². The van der Waals surface area contributed by atoms with Crippen molar-refractivity contribution < 1.29 is 5.11 Å². The second-order valence-electron chi connectivity index (χ2n) is 5.63. The Balaban J connectivity index is 2.44. The number of nitrogens with one attached hydrogen (secondary N) is 1. The molecule has 0 saturated carbocycles. The molecule has 2 aromatic heterocycles. The lowest BCUT2D eigenvalue weighted by Crippen LogP contribution is -2.51. The summed E-state index contributed by atoms with van der Waals surface area (Å²) in [6.07, 6.45) is 1.56. The summed E-state index contributed by atoms with van der Waals surface area (Å²) >= 11 is 1.62. The summed E-state index contributed by atoms with van der Waals surface area (Å²) in [7, 11) is 0. The summed E-state index contributed by atoms with van der Waals surface area (Å²) in [4.78, 5) is 8.59. The molecular formula is C13H19N3OS. The van der Waals surface area contributed by atoms with Crippen LogP contribution < -0.4 is 5.32 Å². The highest BCUT2D eigenvalue weighted by molar-refractivity contribution is 7.18. The van der Waals surface area contributed by atoms with E-state index in [1.165, 1.54) is 0 Å². The van der Waals surface area contributed by atoms with Gasteiger partial charge in [0.2, 0.25) is 0 Å². The molecule has 2 rings (SSSR count). The van der Waals surface area contributed by atoms with Crippen molar-refractivity contribution in [3.05, 3.63) is 17.3 Å². The zero-order valence-electron chi connectivity index (χ0n) is 11.4. The van der Waals surface area contributed by atoms with E-state index in [9.17, 15) is 5.11 Å². The highest BCUT2D eigenvalue weighted by Gasteiger charge is 2.35. The van der Waals surface area contributed by atoms with Crippen molar-refractivity contribution in [3.63, 3.8) is 0 Å². The Hall–Kier alpha value is -1.20. The summed E-state index contributed by atoms with van der Waals surface area (Å²) in [5.74, 6) is 0.783. The molecule has 0 aromatic carbocycles. The third-order valence-corrected chi connectivity index (χ3v) is 4.59. The molecule has 98 valence electrons. The molecule has 0 bridgehead atoms. The van der Waals surface area contributed by atoms with E-state index in [2.05, 4.69) is 20.7 Å². The van der Waals surface area contributed by atoms with Gasteiger partial charge in [-0.15, -0.1) is 11.3 Å². The number of aliphatic hydroxyl groups is 1. The Morgan fingerprint density at radius 1 is 1.22 bits per heavy atom. The average Bonchev–Trinajstić information content (AvgIpc) is 2.60. The first-order valence-corrected chi connectivity index (χ1v) is 6.80. The number of fused-ring (bicyclic) bond motifs is 1. The first kappa shape index (κ1) is 13.2. The smallest absolute Gasteiger partial charge is 0.147 e. The molecule has 0 aliphatic rings. The van der Waals surface area contributed by atoms with E-state index in [0.717, 1.165) is 21.6 Å². The van der Waals surface area contributed by atoms with Crippen LogP contribution in [0.3, 0.4) is 0 Å². The molecule has 0 aliphatic heterocycles. The second-order valence-corrected chi connectivity index (χ2v) is 6.51. The Morgan fingerprint density at radius 3 is 2.50 bits per heavy atom. The minimum atomic E-state index is -0.851. The third kappa shape index (κ3) is 2.20. The molecule has 0 aliphatic carbocycles. The predicted octanol–water partition coefficient (Wildman–Crippen LogP) is 2.96. The quantitative estimate of drug-likeness (QED) is 0.896. The van der Waals surface area contributed by atoms with Crippen molar-refractivity contribution in [2.45, 2.75) is 45.8 Å². The van der Waals surface area contributed by atoms with Gasteiger partial charge in [-0.1, -0.05) is 0 Å². The van der Waals surface area contributed by atoms with Crippen molar-refractivity contribution >= 4 is 27.4 Å². The number of aryl methyl sites for hydroxylation is 1. The number of hydrogen-bond acceptors (Lipinski definition) is 5. The van der Waals surface area contributed by atoms with Crippen LogP contribution in [0.25, 0.3) is 10.2 Å². The fourth-order valence-electron chi connectivity index (χ4n) is 1.51. The molecule has 0 atom stereocenters. The maximum Gasteiger partial charge on any atom is 0.147 e. The number of aromatic nitrogens is 2. The van der Waals surface area contributed by atoms with Gasteiger partial charge in [-0.2, -0.15) is 0 Å². The lowest BCUT2D eigenvalue weighted by atomic mass is 9.86. The van der Waals surface area contributed by atoms with Gasteiger partial charge in [0, 0.05) is 0 Å². The molecule has 5 heteroatoms. The average molecular weight is 265 g/mol. The lowest BCUT2D eigenvalue weighted by Gasteiger charge is -2.38. The number of thiophene rings is 1. The SMILES string of the molecule is Cc1csc2c(NC(C)(C)C(C)(C)O)ncnc12. The van der Waals surface area contributed by atoms with E-state index >= 15 is 0 Å². The first-order valence-electron chi connectivity index (χ1n) is 5.92. The molecule has 18 heavy (non-hydrogen) atoms. The highest BCUT2D eigenvalue weighted by atomic mass is 32.1. The van der Waals surface area contributed by atoms with Crippen molar-refractivity contribution in [1.82, 2.24) is 9.97 Å². The molecule has 4 nitrogen and oxygen atoms in total. The van der Waals surface area contributed by atoms with Crippen LogP contribution in [-0.2, 0) is 0 Å². The van der Waals surface area contributed by atoms with Crippen molar-refractivity contribution in [2.75, 3.05) is 5.32 Å². The second kappa shape index (κ2) is 4.17. The molecule has 0 radical (unpaired) electrons. The van der Waals surface area contributed by atoms with Crippen molar-refractivity contribution in [2.24, 2.45) is 0 Å². The molecule has 2 aromatic rings. The van der Waals surface area contributed by atoms with E-state index in [0.29, 0.717) is 0 Å². The third-order valence-electron chi connectivity index (χ3n) is 3.49. The van der Waals surface area contributed by atoms with Crippen LogP contribution in [-0.4, -0.2) is 26.2 Å². The standard InChI is InChI=1S/C13H19N3OS/c1-8-6-18-10-9(8)14-7-15-11(10)16-12(2,3)13(4,5)17/h6-7,17H,1-5H3,(H,14,15,16). The van der Waals surface area contributed by atoms with Gasteiger partial charge in [0.25, 0.3) is 0 Å². The number of hydrogen-bond donors (Lipinski definition) is 2. The zero-order valence-corrected chi connectivity index (χ0v) is 12.2. The first-order chi connectivity index (χ1) is 8.22. The molecule has 0 unspecified atom stereocenters. The summed E-state index contributed by atoms with van der Waals surface area (Å²) in [6.45, 7) is 9.54. The van der Waals surface area contributed by atoms with E-state index in [-0.39, 0.29) is 0 Å². The summed E-state index contributed by atoms with van der Waals surface area (Å²) in [5.41, 5.74) is 0.800. The molecule has 0 fully saturated rings. The monoisotopic (exact) mass is 265 g/mol. The largest absolute Gasteiger partial charge is 0.388 e. The van der Waals surface area contributed by atoms with Crippen LogP contribution in [0.2, 0.25) is 0 Å². The van der Waals surface area contributed by atoms with E-state index in [1.54, 1.807) is 31.5 Å². The summed E-state index contributed by atoms with van der Waals surface area (Å²) in [6, 6.07) is 0. The van der Waals surface area contributed by atoms with Crippen LogP contribution in [0.4, 0.5) is 5.82 Å². The van der Waals surface area contributed by atoms with Gasteiger partial charge in [0.05, 0.1) is 21.4 Å². The molecule has 2 N–H and O–H groups in total. The van der Waals surface area contributed by atoms with Gasteiger partial charge in [0.1, 0.15) is 12.1 Å². The minimum absolute atomic E-state index is 0.480. The Kier molecular flexibility index (Phi) is 3.07. The maximum absolute atomic E-state index is 10.2. The lowest BCUT2D eigenvalue weighted by molar-refractivity contribution is 0.0239. The van der Waals surface area contributed by atoms with Crippen LogP contribution in [0.1, 0.15) is 33.3 Å². The van der Waals surface area contributed by atoms with Gasteiger partial charge in [-0.05, 0) is 45.6 Å². The fourth-order valence-corrected chi connectivity index (χ4v) is 2.45. The van der Waals surface area contributed by atoms with Gasteiger partial charge in [-0.25, -0.2) is 9.97 Å². The normalized spacial score (nSPS) is 13.0.